The van der Waals surface area contributed by atoms with E-state index in [2.05, 4.69) is 16.2 Å². The SMILES string of the molecule is C#Cc1cccc2nc([C@H](C)NC(=O)OC(C)(C)C)n(-c3ccc(F)cc3)c(=O)c12. The predicted octanol–water partition coefficient (Wildman–Crippen LogP) is 4.09. The van der Waals surface area contributed by atoms with Gasteiger partial charge in [-0.2, -0.15) is 0 Å². The molecule has 0 bridgehead atoms. The van der Waals surface area contributed by atoms with Crippen LogP contribution < -0.4 is 10.9 Å². The molecule has 0 radical (unpaired) electrons. The van der Waals surface area contributed by atoms with Gasteiger partial charge in [0.1, 0.15) is 17.2 Å². The number of amides is 1. The van der Waals surface area contributed by atoms with Gasteiger partial charge >= 0.3 is 6.09 Å². The minimum Gasteiger partial charge on any atom is -0.444 e. The van der Waals surface area contributed by atoms with E-state index in [1.54, 1.807) is 45.9 Å². The van der Waals surface area contributed by atoms with Gasteiger partial charge in [-0.25, -0.2) is 14.2 Å². The van der Waals surface area contributed by atoms with E-state index in [1.807, 2.05) is 0 Å². The third-order valence-electron chi connectivity index (χ3n) is 4.28. The number of hydrogen-bond acceptors (Lipinski definition) is 4. The van der Waals surface area contributed by atoms with Crippen molar-refractivity contribution >= 4 is 17.0 Å². The van der Waals surface area contributed by atoms with Gasteiger partial charge < -0.3 is 10.1 Å². The standard InChI is InChI=1S/C23H22FN3O3/c1-6-15-8-7-9-18-19(15)21(28)27(17-12-10-16(24)11-13-17)20(26-18)14(2)25-22(29)30-23(3,4)5/h1,7-14H,2-5H3,(H,25,29)/t14-/m0/s1. The van der Waals surface area contributed by atoms with Crippen LogP contribution in [0.4, 0.5) is 9.18 Å². The summed E-state index contributed by atoms with van der Waals surface area (Å²) in [4.78, 5) is 30.3. The highest BCUT2D eigenvalue weighted by Crippen LogP contribution is 2.21. The number of terminal acetylenes is 1. The number of carbonyl (C=O) groups is 1. The molecule has 0 aliphatic carbocycles. The van der Waals surface area contributed by atoms with Crippen LogP contribution in [0.25, 0.3) is 16.6 Å². The molecule has 0 aliphatic heterocycles. The van der Waals surface area contributed by atoms with Crippen LogP contribution in [0.2, 0.25) is 0 Å². The van der Waals surface area contributed by atoms with Gasteiger partial charge in [-0.3, -0.25) is 9.36 Å². The molecule has 1 N–H and O–H groups in total. The molecule has 3 rings (SSSR count). The smallest absolute Gasteiger partial charge is 0.408 e. The first kappa shape index (κ1) is 21.1. The first-order chi connectivity index (χ1) is 14.1. The fourth-order valence-electron chi connectivity index (χ4n) is 3.05. The van der Waals surface area contributed by atoms with Crippen molar-refractivity contribution in [2.75, 3.05) is 0 Å². The number of benzene rings is 2. The summed E-state index contributed by atoms with van der Waals surface area (Å²) < 4.78 is 20.1. The molecule has 0 fully saturated rings. The van der Waals surface area contributed by atoms with Gasteiger partial charge in [0.2, 0.25) is 0 Å². The van der Waals surface area contributed by atoms with Crippen molar-refractivity contribution in [2.45, 2.75) is 39.3 Å². The number of nitrogens with zero attached hydrogens (tertiary/aromatic N) is 2. The van der Waals surface area contributed by atoms with Gasteiger partial charge in [0.15, 0.2) is 0 Å². The minimum atomic E-state index is -0.684. The molecule has 1 heterocycles. The zero-order valence-corrected chi connectivity index (χ0v) is 17.2. The summed E-state index contributed by atoms with van der Waals surface area (Å²) in [6.45, 7) is 6.94. The van der Waals surface area contributed by atoms with Gasteiger partial charge in [0.05, 0.1) is 22.6 Å². The lowest BCUT2D eigenvalue weighted by Gasteiger charge is -2.23. The fourth-order valence-corrected chi connectivity index (χ4v) is 3.05. The Morgan fingerprint density at radius 2 is 1.90 bits per heavy atom. The molecule has 1 amide bonds. The van der Waals surface area contributed by atoms with Gasteiger partial charge in [-0.05, 0) is 64.1 Å². The second kappa shape index (κ2) is 7.99. The molecule has 7 heteroatoms. The van der Waals surface area contributed by atoms with Crippen LogP contribution in [-0.4, -0.2) is 21.2 Å². The van der Waals surface area contributed by atoms with Crippen LogP contribution in [0.15, 0.2) is 47.3 Å². The molecule has 6 nitrogen and oxygen atoms in total. The second-order valence-electron chi connectivity index (χ2n) is 7.80. The van der Waals surface area contributed by atoms with Crippen LogP contribution in [0.3, 0.4) is 0 Å². The number of nitrogens with one attached hydrogen (secondary N) is 1. The Morgan fingerprint density at radius 1 is 1.23 bits per heavy atom. The first-order valence-corrected chi connectivity index (χ1v) is 9.38. The van der Waals surface area contributed by atoms with Gasteiger partial charge in [0.25, 0.3) is 5.56 Å². The molecule has 2 aromatic carbocycles. The first-order valence-electron chi connectivity index (χ1n) is 9.38. The van der Waals surface area contributed by atoms with Gasteiger partial charge in [-0.15, -0.1) is 6.42 Å². The minimum absolute atomic E-state index is 0.263. The van der Waals surface area contributed by atoms with E-state index in [9.17, 15) is 14.0 Å². The summed E-state index contributed by atoms with van der Waals surface area (Å²) in [6.07, 6.45) is 4.92. The lowest BCUT2D eigenvalue weighted by Crippen LogP contribution is -2.37. The lowest BCUT2D eigenvalue weighted by molar-refractivity contribution is 0.0505. The van der Waals surface area contributed by atoms with Crippen LogP contribution in [-0.2, 0) is 4.74 Å². The highest BCUT2D eigenvalue weighted by molar-refractivity contribution is 5.84. The van der Waals surface area contributed by atoms with Crippen LogP contribution in [0.1, 0.15) is 45.1 Å². The highest BCUT2D eigenvalue weighted by Gasteiger charge is 2.23. The molecule has 0 unspecified atom stereocenters. The second-order valence-corrected chi connectivity index (χ2v) is 7.80. The van der Waals surface area contributed by atoms with Crippen molar-refractivity contribution in [2.24, 2.45) is 0 Å². The molecule has 0 aliphatic rings. The Labute approximate surface area is 173 Å². The number of fused-ring (bicyclic) bond motifs is 1. The van der Waals surface area contributed by atoms with E-state index in [4.69, 9.17) is 11.2 Å². The van der Waals surface area contributed by atoms with E-state index < -0.39 is 29.1 Å². The number of aromatic nitrogens is 2. The van der Waals surface area contributed by atoms with Crippen LogP contribution in [0.5, 0.6) is 0 Å². The number of ether oxygens (including phenoxy) is 1. The van der Waals surface area contributed by atoms with E-state index in [0.29, 0.717) is 16.8 Å². The van der Waals surface area contributed by atoms with Crippen LogP contribution in [0, 0.1) is 18.2 Å². The zero-order chi connectivity index (χ0) is 22.1. The maximum Gasteiger partial charge on any atom is 0.408 e. The van der Waals surface area contributed by atoms with Crippen molar-refractivity contribution in [3.8, 4) is 18.0 Å². The molecule has 0 saturated carbocycles. The summed E-state index contributed by atoms with van der Waals surface area (Å²) in [5.41, 5.74) is 0.115. The topological polar surface area (TPSA) is 73.2 Å². The van der Waals surface area contributed by atoms with Crippen molar-refractivity contribution in [3.05, 3.63) is 70.0 Å². The molecule has 0 spiro atoms. The highest BCUT2D eigenvalue weighted by atomic mass is 19.1. The normalized spacial score (nSPS) is 12.3. The summed E-state index contributed by atoms with van der Waals surface area (Å²) in [6, 6.07) is 9.78. The molecule has 1 aromatic heterocycles. The monoisotopic (exact) mass is 407 g/mol. The quantitative estimate of drug-likeness (QED) is 0.664. The molecule has 3 aromatic rings. The third-order valence-corrected chi connectivity index (χ3v) is 4.28. The summed E-state index contributed by atoms with van der Waals surface area (Å²) in [5.74, 6) is 2.33. The third kappa shape index (κ3) is 4.33. The largest absolute Gasteiger partial charge is 0.444 e. The Morgan fingerprint density at radius 3 is 2.50 bits per heavy atom. The van der Waals surface area contributed by atoms with Crippen molar-refractivity contribution in [1.82, 2.24) is 14.9 Å². The Balaban J connectivity index is 2.21. The van der Waals surface area contributed by atoms with E-state index in [1.165, 1.54) is 28.8 Å². The summed E-state index contributed by atoms with van der Waals surface area (Å²) in [7, 11) is 0. The van der Waals surface area contributed by atoms with E-state index >= 15 is 0 Å². The van der Waals surface area contributed by atoms with E-state index in [-0.39, 0.29) is 11.2 Å². The molecular formula is C23H22FN3O3. The number of rotatable bonds is 3. The lowest BCUT2D eigenvalue weighted by atomic mass is 10.1. The van der Waals surface area contributed by atoms with Crippen molar-refractivity contribution < 1.29 is 13.9 Å². The van der Waals surface area contributed by atoms with Crippen LogP contribution >= 0.6 is 0 Å². The summed E-state index contributed by atoms with van der Waals surface area (Å²) in [5, 5.41) is 2.97. The summed E-state index contributed by atoms with van der Waals surface area (Å²) >= 11 is 0. The Kier molecular flexibility index (Phi) is 5.61. The Bertz CT molecular complexity index is 1200. The van der Waals surface area contributed by atoms with E-state index in [0.717, 1.165) is 0 Å². The van der Waals surface area contributed by atoms with Crippen molar-refractivity contribution in [1.29, 1.82) is 0 Å². The predicted molar refractivity (Wildman–Crippen MR) is 113 cm³/mol. The zero-order valence-electron chi connectivity index (χ0n) is 17.2. The number of halogens is 1. The average molecular weight is 407 g/mol. The maximum atomic E-state index is 13.5. The number of hydrogen-bond donors (Lipinski definition) is 1. The molecule has 30 heavy (non-hydrogen) atoms. The average Bonchev–Trinajstić information content (AvgIpc) is 2.66. The maximum absolute atomic E-state index is 13.5. The Hall–Kier alpha value is -3.66. The van der Waals surface area contributed by atoms with Gasteiger partial charge in [0, 0.05) is 5.56 Å². The fraction of sp³-hybridized carbons (Fsp3) is 0.261. The molecule has 1 atom stereocenters. The van der Waals surface area contributed by atoms with Crippen molar-refractivity contribution in [3.63, 3.8) is 0 Å². The van der Waals surface area contributed by atoms with Gasteiger partial charge in [-0.1, -0.05) is 12.0 Å². The number of alkyl carbamates (subject to hydrolysis) is 1. The molecule has 0 saturated heterocycles. The molecular weight excluding hydrogens is 385 g/mol. The number of carbonyl (C=O) groups excluding carboxylic acids is 1. The molecule has 154 valence electrons.